The lowest BCUT2D eigenvalue weighted by Crippen LogP contribution is -2.33. The fraction of sp³-hybridized carbons (Fsp3) is 0.600. The molecule has 0 saturated carbocycles. The van der Waals surface area contributed by atoms with Crippen molar-refractivity contribution in [1.82, 2.24) is 10.0 Å². The summed E-state index contributed by atoms with van der Waals surface area (Å²) in [7, 11) is -3.44. The highest BCUT2D eigenvalue weighted by atomic mass is 32.2. The van der Waals surface area contributed by atoms with E-state index in [-0.39, 0.29) is 6.04 Å². The highest BCUT2D eigenvalue weighted by molar-refractivity contribution is 7.89. The normalized spacial score (nSPS) is 13.4. The van der Waals surface area contributed by atoms with Crippen molar-refractivity contribution in [2.24, 2.45) is 0 Å². The lowest BCUT2D eigenvalue weighted by atomic mass is 10.1. The van der Waals surface area contributed by atoms with Gasteiger partial charge in [0.05, 0.1) is 4.90 Å². The molecule has 0 radical (unpaired) electrons. The van der Waals surface area contributed by atoms with Gasteiger partial charge in [-0.05, 0) is 44.0 Å². The van der Waals surface area contributed by atoms with Gasteiger partial charge >= 0.3 is 0 Å². The highest BCUT2D eigenvalue weighted by Crippen LogP contribution is 2.19. The fourth-order valence-corrected chi connectivity index (χ4v) is 3.79. The van der Waals surface area contributed by atoms with Gasteiger partial charge in [-0.15, -0.1) is 0 Å². The van der Waals surface area contributed by atoms with Crippen molar-refractivity contribution < 1.29 is 8.42 Å². The fourth-order valence-electron chi connectivity index (χ4n) is 2.22. The number of nitrogens with one attached hydrogen (secondary N) is 2. The van der Waals surface area contributed by atoms with Crippen LogP contribution in [0.1, 0.15) is 44.7 Å². The Labute approximate surface area is 123 Å². The smallest absolute Gasteiger partial charge is 0.241 e. The van der Waals surface area contributed by atoms with Crippen LogP contribution < -0.4 is 10.0 Å². The van der Waals surface area contributed by atoms with Gasteiger partial charge in [-0.2, -0.15) is 0 Å². The second-order valence-corrected chi connectivity index (χ2v) is 6.81. The standard InChI is InChI=1S/C15H26N2O2S/c1-5-8-12(3)17-20(18,19)15-10-7-9-14(13(15)4)11-16-6-2/h7,9-10,12,16-17H,5-6,8,11H2,1-4H3. The van der Waals surface area contributed by atoms with Crippen LogP contribution in [0.25, 0.3) is 0 Å². The van der Waals surface area contributed by atoms with Crippen LogP contribution in [0, 0.1) is 6.92 Å². The van der Waals surface area contributed by atoms with Gasteiger partial charge in [0, 0.05) is 12.6 Å². The van der Waals surface area contributed by atoms with Crippen molar-refractivity contribution >= 4 is 10.0 Å². The molecule has 0 amide bonds. The predicted molar refractivity (Wildman–Crippen MR) is 83.3 cm³/mol. The molecule has 114 valence electrons. The number of hydrogen-bond acceptors (Lipinski definition) is 3. The molecule has 0 spiro atoms. The first-order chi connectivity index (χ1) is 9.42. The zero-order valence-corrected chi connectivity index (χ0v) is 13.7. The van der Waals surface area contributed by atoms with E-state index in [9.17, 15) is 8.42 Å². The predicted octanol–water partition coefficient (Wildman–Crippen LogP) is 2.57. The molecule has 0 aliphatic heterocycles. The first-order valence-corrected chi connectivity index (χ1v) is 8.72. The molecule has 4 nitrogen and oxygen atoms in total. The van der Waals surface area contributed by atoms with Crippen LogP contribution in [-0.2, 0) is 16.6 Å². The molecule has 0 aromatic heterocycles. The summed E-state index contributed by atoms with van der Waals surface area (Å²) >= 11 is 0. The molecular weight excluding hydrogens is 272 g/mol. The minimum Gasteiger partial charge on any atom is -0.313 e. The molecule has 1 rings (SSSR count). The van der Waals surface area contributed by atoms with Crippen LogP contribution in [-0.4, -0.2) is 21.0 Å². The lowest BCUT2D eigenvalue weighted by molar-refractivity contribution is 0.543. The minimum atomic E-state index is -3.44. The quantitative estimate of drug-likeness (QED) is 0.775. The van der Waals surface area contributed by atoms with E-state index in [1.54, 1.807) is 12.1 Å². The van der Waals surface area contributed by atoms with E-state index in [1.807, 2.05) is 33.8 Å². The van der Waals surface area contributed by atoms with Crippen molar-refractivity contribution in [3.63, 3.8) is 0 Å². The van der Waals surface area contributed by atoms with E-state index >= 15 is 0 Å². The average Bonchev–Trinajstić information content (AvgIpc) is 2.37. The van der Waals surface area contributed by atoms with Crippen molar-refractivity contribution in [1.29, 1.82) is 0 Å². The topological polar surface area (TPSA) is 58.2 Å². The van der Waals surface area contributed by atoms with Crippen molar-refractivity contribution in [2.45, 2.75) is 58.0 Å². The number of hydrogen-bond donors (Lipinski definition) is 2. The second kappa shape index (κ2) is 7.76. The molecule has 20 heavy (non-hydrogen) atoms. The Morgan fingerprint density at radius 1 is 1.25 bits per heavy atom. The van der Waals surface area contributed by atoms with E-state index in [1.165, 1.54) is 0 Å². The van der Waals surface area contributed by atoms with E-state index in [2.05, 4.69) is 10.0 Å². The largest absolute Gasteiger partial charge is 0.313 e. The van der Waals surface area contributed by atoms with Crippen LogP contribution in [0.5, 0.6) is 0 Å². The van der Waals surface area contributed by atoms with Crippen LogP contribution in [0.15, 0.2) is 23.1 Å². The monoisotopic (exact) mass is 298 g/mol. The van der Waals surface area contributed by atoms with E-state index in [0.717, 1.165) is 30.5 Å². The van der Waals surface area contributed by atoms with Crippen molar-refractivity contribution in [3.8, 4) is 0 Å². The second-order valence-electron chi connectivity index (χ2n) is 5.13. The molecular formula is C15H26N2O2S. The zero-order valence-electron chi connectivity index (χ0n) is 12.9. The van der Waals surface area contributed by atoms with Gasteiger partial charge in [-0.3, -0.25) is 0 Å². The van der Waals surface area contributed by atoms with Gasteiger partial charge in [0.15, 0.2) is 0 Å². The third kappa shape index (κ3) is 4.58. The number of benzene rings is 1. The van der Waals surface area contributed by atoms with E-state index in [0.29, 0.717) is 11.4 Å². The molecule has 0 fully saturated rings. The summed E-state index contributed by atoms with van der Waals surface area (Å²) in [6.07, 6.45) is 1.80. The Hall–Kier alpha value is -0.910. The van der Waals surface area contributed by atoms with Crippen LogP contribution in [0.2, 0.25) is 0 Å². The summed E-state index contributed by atoms with van der Waals surface area (Å²) in [5.41, 5.74) is 1.85. The van der Waals surface area contributed by atoms with Gasteiger partial charge in [-0.25, -0.2) is 13.1 Å². The zero-order chi connectivity index (χ0) is 15.2. The first-order valence-electron chi connectivity index (χ1n) is 7.23. The van der Waals surface area contributed by atoms with E-state index < -0.39 is 10.0 Å². The van der Waals surface area contributed by atoms with Gasteiger partial charge in [0.1, 0.15) is 0 Å². The molecule has 0 bridgehead atoms. The third-order valence-electron chi connectivity index (χ3n) is 3.33. The molecule has 1 aromatic rings. The minimum absolute atomic E-state index is 0.0400. The first kappa shape index (κ1) is 17.1. The number of sulfonamides is 1. The lowest BCUT2D eigenvalue weighted by Gasteiger charge is -2.16. The summed E-state index contributed by atoms with van der Waals surface area (Å²) in [5.74, 6) is 0. The average molecular weight is 298 g/mol. The Kier molecular flexibility index (Phi) is 6.65. The molecule has 1 atom stereocenters. The van der Waals surface area contributed by atoms with Gasteiger partial charge < -0.3 is 5.32 Å². The molecule has 0 saturated heterocycles. The maximum absolute atomic E-state index is 12.4. The van der Waals surface area contributed by atoms with Crippen LogP contribution >= 0.6 is 0 Å². The van der Waals surface area contributed by atoms with Crippen LogP contribution in [0.3, 0.4) is 0 Å². The summed E-state index contributed by atoms with van der Waals surface area (Å²) in [6.45, 7) is 9.40. The SMILES string of the molecule is CCCC(C)NS(=O)(=O)c1cccc(CNCC)c1C. The molecule has 5 heteroatoms. The molecule has 2 N–H and O–H groups in total. The summed E-state index contributed by atoms with van der Waals surface area (Å²) < 4.78 is 27.6. The molecule has 0 heterocycles. The maximum Gasteiger partial charge on any atom is 0.241 e. The van der Waals surface area contributed by atoms with Gasteiger partial charge in [-0.1, -0.05) is 32.4 Å². The Morgan fingerprint density at radius 3 is 2.55 bits per heavy atom. The van der Waals surface area contributed by atoms with Crippen LogP contribution in [0.4, 0.5) is 0 Å². The van der Waals surface area contributed by atoms with Gasteiger partial charge in [0.25, 0.3) is 0 Å². The highest BCUT2D eigenvalue weighted by Gasteiger charge is 2.20. The number of rotatable bonds is 8. The molecule has 0 aliphatic carbocycles. The summed E-state index contributed by atoms with van der Waals surface area (Å²) in [4.78, 5) is 0.385. The Bertz CT molecular complexity index is 527. The van der Waals surface area contributed by atoms with E-state index in [4.69, 9.17) is 0 Å². The third-order valence-corrected chi connectivity index (χ3v) is 5.06. The summed E-state index contributed by atoms with van der Waals surface area (Å²) in [5, 5.41) is 3.23. The summed E-state index contributed by atoms with van der Waals surface area (Å²) in [6, 6.07) is 5.40. The Morgan fingerprint density at radius 2 is 1.95 bits per heavy atom. The maximum atomic E-state index is 12.4. The van der Waals surface area contributed by atoms with Crippen molar-refractivity contribution in [3.05, 3.63) is 29.3 Å². The van der Waals surface area contributed by atoms with Gasteiger partial charge in [0.2, 0.25) is 10.0 Å². The van der Waals surface area contributed by atoms with Crippen molar-refractivity contribution in [2.75, 3.05) is 6.54 Å². The molecule has 0 aliphatic rings. The Balaban J connectivity index is 3.00. The molecule has 1 aromatic carbocycles. The molecule has 1 unspecified atom stereocenters.